The van der Waals surface area contributed by atoms with Crippen LogP contribution in [0.3, 0.4) is 0 Å². The second-order valence-corrected chi connectivity index (χ2v) is 6.15. The zero-order valence-corrected chi connectivity index (χ0v) is 13.3. The lowest BCUT2D eigenvalue weighted by atomic mass is 10.0. The average molecular weight is 316 g/mol. The molecule has 1 aromatic heterocycles. The summed E-state index contributed by atoms with van der Waals surface area (Å²) in [7, 11) is 0. The zero-order chi connectivity index (χ0) is 15.8. The van der Waals surface area contributed by atoms with Crippen LogP contribution in [0, 0.1) is 0 Å². The summed E-state index contributed by atoms with van der Waals surface area (Å²) >= 11 is 1.47. The molecule has 0 saturated carbocycles. The van der Waals surface area contributed by atoms with Crippen LogP contribution in [0.5, 0.6) is 0 Å². The van der Waals surface area contributed by atoms with Crippen molar-refractivity contribution in [1.82, 2.24) is 10.3 Å². The second kappa shape index (κ2) is 8.56. The molecule has 4 nitrogen and oxygen atoms in total. The summed E-state index contributed by atoms with van der Waals surface area (Å²) in [4.78, 5) is 16.9. The molecule has 1 amide bonds. The van der Waals surface area contributed by atoms with Crippen molar-refractivity contribution in [1.29, 1.82) is 0 Å². The second-order valence-electron chi connectivity index (χ2n) is 5.10. The van der Waals surface area contributed by atoms with E-state index in [-0.39, 0.29) is 11.9 Å². The number of thioether (sulfide) groups is 1. The van der Waals surface area contributed by atoms with Crippen molar-refractivity contribution in [3.63, 3.8) is 0 Å². The minimum Gasteiger partial charge on any atom is -0.388 e. The topological polar surface area (TPSA) is 62.2 Å². The number of aromatic nitrogens is 1. The van der Waals surface area contributed by atoms with Gasteiger partial charge in [-0.3, -0.25) is 9.78 Å². The van der Waals surface area contributed by atoms with E-state index in [2.05, 4.69) is 10.3 Å². The fourth-order valence-electron chi connectivity index (χ4n) is 2.10. The monoisotopic (exact) mass is 316 g/mol. The Hall–Kier alpha value is -1.85. The molecule has 0 aliphatic rings. The lowest BCUT2D eigenvalue weighted by Crippen LogP contribution is -2.34. The summed E-state index contributed by atoms with van der Waals surface area (Å²) < 4.78 is 0. The first-order valence-electron chi connectivity index (χ1n) is 7.20. The highest BCUT2D eigenvalue weighted by Gasteiger charge is 2.14. The molecule has 0 bridgehead atoms. The minimum absolute atomic E-state index is 0.0328. The maximum Gasteiger partial charge on any atom is 0.230 e. The number of carbonyl (C=O) groups is 1. The Morgan fingerprint density at radius 2 is 1.91 bits per heavy atom. The van der Waals surface area contributed by atoms with Crippen molar-refractivity contribution < 1.29 is 9.90 Å². The van der Waals surface area contributed by atoms with Crippen molar-refractivity contribution in [3.05, 3.63) is 60.4 Å². The van der Waals surface area contributed by atoms with E-state index in [4.69, 9.17) is 0 Å². The normalized spacial score (nSPS) is 13.4. The molecule has 2 N–H and O–H groups in total. The number of pyridine rings is 1. The Labute approximate surface area is 135 Å². The van der Waals surface area contributed by atoms with E-state index in [0.717, 1.165) is 10.5 Å². The van der Waals surface area contributed by atoms with Gasteiger partial charge in [0.25, 0.3) is 0 Å². The summed E-state index contributed by atoms with van der Waals surface area (Å²) in [6.45, 7) is 1.90. The molecular weight excluding hydrogens is 296 g/mol. The third-order valence-corrected chi connectivity index (χ3v) is 4.20. The molecule has 116 valence electrons. The maximum atomic E-state index is 11.9. The van der Waals surface area contributed by atoms with E-state index in [1.165, 1.54) is 11.8 Å². The number of nitrogens with zero attached hydrogens (tertiary/aromatic N) is 1. The van der Waals surface area contributed by atoms with Crippen LogP contribution < -0.4 is 5.32 Å². The number of amides is 1. The first kappa shape index (κ1) is 16.5. The minimum atomic E-state index is -0.565. The number of benzene rings is 1. The van der Waals surface area contributed by atoms with Crippen LogP contribution in [-0.2, 0) is 4.79 Å². The standard InChI is InChI=1S/C17H20N2O2S/c1-13(11-16(20)14-5-3-2-4-6-14)19-17(21)12-22-15-7-9-18-10-8-15/h2-10,13,16,20H,11-12H2,1H3,(H,19,21)/t13-,16+/m1/s1. The third kappa shape index (κ3) is 5.50. The Balaban J connectivity index is 1.74. The summed E-state index contributed by atoms with van der Waals surface area (Å²) in [6.07, 6.45) is 3.35. The van der Waals surface area contributed by atoms with E-state index in [1.807, 2.05) is 49.4 Å². The highest BCUT2D eigenvalue weighted by molar-refractivity contribution is 8.00. The molecule has 0 saturated heterocycles. The number of nitrogens with one attached hydrogen (secondary N) is 1. The first-order chi connectivity index (χ1) is 10.6. The summed E-state index contributed by atoms with van der Waals surface area (Å²) in [5.74, 6) is 0.324. The quantitative estimate of drug-likeness (QED) is 0.771. The molecule has 1 heterocycles. The van der Waals surface area contributed by atoms with Crippen LogP contribution in [0.15, 0.2) is 59.8 Å². The molecule has 2 aromatic rings. The summed E-state index contributed by atoms with van der Waals surface area (Å²) in [5, 5.41) is 13.1. The predicted molar refractivity (Wildman–Crippen MR) is 88.6 cm³/mol. The Bertz CT molecular complexity index is 578. The molecule has 0 fully saturated rings. The van der Waals surface area contributed by atoms with Gasteiger partial charge in [-0.2, -0.15) is 0 Å². The molecule has 2 rings (SSSR count). The number of carbonyl (C=O) groups excluding carboxylic acids is 1. The van der Waals surface area contributed by atoms with Gasteiger partial charge < -0.3 is 10.4 Å². The van der Waals surface area contributed by atoms with Gasteiger partial charge in [-0.15, -0.1) is 11.8 Å². The van der Waals surface area contributed by atoms with E-state index in [9.17, 15) is 9.90 Å². The Morgan fingerprint density at radius 1 is 1.23 bits per heavy atom. The van der Waals surface area contributed by atoms with Gasteiger partial charge in [-0.1, -0.05) is 30.3 Å². The van der Waals surface area contributed by atoms with Crippen LogP contribution in [-0.4, -0.2) is 27.8 Å². The zero-order valence-electron chi connectivity index (χ0n) is 12.5. The Kier molecular flexibility index (Phi) is 6.43. The average Bonchev–Trinajstić information content (AvgIpc) is 2.54. The van der Waals surface area contributed by atoms with E-state index < -0.39 is 6.10 Å². The molecule has 5 heteroatoms. The lowest BCUT2D eigenvalue weighted by molar-refractivity contribution is -0.119. The van der Waals surface area contributed by atoms with Gasteiger partial charge in [0, 0.05) is 23.3 Å². The van der Waals surface area contributed by atoms with Crippen LogP contribution in [0.25, 0.3) is 0 Å². The Morgan fingerprint density at radius 3 is 2.59 bits per heavy atom. The van der Waals surface area contributed by atoms with Gasteiger partial charge in [0.15, 0.2) is 0 Å². The van der Waals surface area contributed by atoms with Crippen LogP contribution in [0.2, 0.25) is 0 Å². The lowest BCUT2D eigenvalue weighted by Gasteiger charge is -2.18. The first-order valence-corrected chi connectivity index (χ1v) is 8.19. The predicted octanol–water partition coefficient (Wildman–Crippen LogP) is 2.80. The molecule has 0 unspecified atom stereocenters. The number of aliphatic hydroxyl groups is 1. The molecule has 0 aliphatic heterocycles. The highest BCUT2D eigenvalue weighted by atomic mass is 32.2. The highest BCUT2D eigenvalue weighted by Crippen LogP contribution is 2.18. The van der Waals surface area contributed by atoms with Gasteiger partial charge in [0.1, 0.15) is 0 Å². The molecule has 22 heavy (non-hydrogen) atoms. The number of hydrogen-bond acceptors (Lipinski definition) is 4. The summed E-state index contributed by atoms with van der Waals surface area (Å²) in [6, 6.07) is 13.1. The van der Waals surface area contributed by atoms with Crippen LogP contribution in [0.4, 0.5) is 0 Å². The molecular formula is C17H20N2O2S. The van der Waals surface area contributed by atoms with Crippen LogP contribution >= 0.6 is 11.8 Å². The fraction of sp³-hybridized carbons (Fsp3) is 0.294. The van der Waals surface area contributed by atoms with Gasteiger partial charge in [-0.25, -0.2) is 0 Å². The van der Waals surface area contributed by atoms with E-state index >= 15 is 0 Å². The smallest absolute Gasteiger partial charge is 0.230 e. The largest absolute Gasteiger partial charge is 0.388 e. The number of rotatable bonds is 7. The fourth-order valence-corrected chi connectivity index (χ4v) is 2.80. The SMILES string of the molecule is C[C@H](C[C@H](O)c1ccccc1)NC(=O)CSc1ccncc1. The maximum absolute atomic E-state index is 11.9. The number of hydrogen-bond donors (Lipinski definition) is 2. The van der Waals surface area contributed by atoms with Crippen molar-refractivity contribution in [3.8, 4) is 0 Å². The number of aliphatic hydroxyl groups excluding tert-OH is 1. The van der Waals surface area contributed by atoms with Gasteiger partial charge in [0.05, 0.1) is 11.9 Å². The molecule has 0 spiro atoms. The van der Waals surface area contributed by atoms with Gasteiger partial charge in [-0.05, 0) is 31.0 Å². The summed E-state index contributed by atoms with van der Waals surface area (Å²) in [5.41, 5.74) is 0.870. The van der Waals surface area contributed by atoms with Crippen molar-refractivity contribution in [2.24, 2.45) is 0 Å². The van der Waals surface area contributed by atoms with E-state index in [0.29, 0.717) is 12.2 Å². The van der Waals surface area contributed by atoms with Gasteiger partial charge in [0.2, 0.25) is 5.91 Å². The molecule has 0 aliphatic carbocycles. The molecule has 0 radical (unpaired) electrons. The molecule has 2 atom stereocenters. The van der Waals surface area contributed by atoms with Gasteiger partial charge >= 0.3 is 0 Å². The third-order valence-electron chi connectivity index (χ3n) is 3.19. The van der Waals surface area contributed by atoms with Crippen molar-refractivity contribution >= 4 is 17.7 Å². The molecule has 1 aromatic carbocycles. The van der Waals surface area contributed by atoms with Crippen LogP contribution in [0.1, 0.15) is 25.0 Å². The van der Waals surface area contributed by atoms with E-state index in [1.54, 1.807) is 12.4 Å². The van der Waals surface area contributed by atoms with Crippen molar-refractivity contribution in [2.45, 2.75) is 30.4 Å². The van der Waals surface area contributed by atoms with Crippen molar-refractivity contribution in [2.75, 3.05) is 5.75 Å².